The summed E-state index contributed by atoms with van der Waals surface area (Å²) in [6, 6.07) is 30.0. The number of benzene rings is 3. The molecule has 3 heteroatoms. The highest BCUT2D eigenvalue weighted by Gasteiger charge is 2.15. The number of para-hydroxylation sites is 1. The summed E-state index contributed by atoms with van der Waals surface area (Å²) in [4.78, 5) is 5.13. The van der Waals surface area contributed by atoms with Gasteiger partial charge in [0, 0.05) is 28.0 Å². The van der Waals surface area contributed by atoms with Crippen LogP contribution < -0.4 is 4.74 Å². The van der Waals surface area contributed by atoms with Crippen LogP contribution in [0.2, 0.25) is 0 Å². The molecule has 160 valence electrons. The van der Waals surface area contributed by atoms with Crippen molar-refractivity contribution in [1.82, 2.24) is 9.38 Å². The largest absolute Gasteiger partial charge is 0.497 e. The zero-order valence-electron chi connectivity index (χ0n) is 19.0. The number of aryl methyl sites for hydroxylation is 2. The molecule has 33 heavy (non-hydrogen) atoms. The highest BCUT2D eigenvalue weighted by Crippen LogP contribution is 2.36. The third-order valence-corrected chi connectivity index (χ3v) is 6.36. The smallest absolute Gasteiger partial charge is 0.119 e. The van der Waals surface area contributed by atoms with Gasteiger partial charge in [0.05, 0.1) is 23.8 Å². The maximum atomic E-state index is 5.52. The summed E-state index contributed by atoms with van der Waals surface area (Å²) in [7, 11) is 1.71. The number of methoxy groups -OCH3 is 1. The van der Waals surface area contributed by atoms with E-state index >= 15 is 0 Å². The molecule has 0 bridgehead atoms. The molecule has 6 rings (SSSR count). The molecule has 3 aromatic heterocycles. The zero-order chi connectivity index (χ0) is 22.5. The number of pyridine rings is 2. The Morgan fingerprint density at radius 2 is 1.48 bits per heavy atom. The highest BCUT2D eigenvalue weighted by atomic mass is 16.5. The van der Waals surface area contributed by atoms with Crippen molar-refractivity contribution in [1.29, 1.82) is 0 Å². The fourth-order valence-electron chi connectivity index (χ4n) is 4.70. The highest BCUT2D eigenvalue weighted by molar-refractivity contribution is 6.12. The Hall–Kier alpha value is -4.11. The van der Waals surface area contributed by atoms with Crippen molar-refractivity contribution in [3.63, 3.8) is 0 Å². The van der Waals surface area contributed by atoms with Gasteiger partial charge in [-0.05, 0) is 60.9 Å². The quantitative estimate of drug-likeness (QED) is 0.290. The van der Waals surface area contributed by atoms with Gasteiger partial charge in [0.2, 0.25) is 0 Å². The van der Waals surface area contributed by atoms with Gasteiger partial charge >= 0.3 is 0 Å². The first kappa shape index (κ1) is 19.6. The Morgan fingerprint density at radius 3 is 2.30 bits per heavy atom. The maximum Gasteiger partial charge on any atom is 0.119 e. The summed E-state index contributed by atoms with van der Waals surface area (Å²) in [5.74, 6) is 0.871. The normalized spacial score (nSPS) is 11.5. The molecular formula is C30H24N2O. The molecule has 6 aromatic rings. The van der Waals surface area contributed by atoms with Gasteiger partial charge in [-0.25, -0.2) is 4.98 Å². The second-order valence-corrected chi connectivity index (χ2v) is 8.70. The van der Waals surface area contributed by atoms with E-state index in [-0.39, 0.29) is 0 Å². The van der Waals surface area contributed by atoms with E-state index in [2.05, 4.69) is 109 Å². The van der Waals surface area contributed by atoms with Crippen molar-refractivity contribution < 1.29 is 4.74 Å². The average Bonchev–Trinajstić information content (AvgIpc) is 3.23. The number of aromatic nitrogens is 2. The van der Waals surface area contributed by atoms with Crippen molar-refractivity contribution in [2.24, 2.45) is 0 Å². The molecule has 3 aromatic carbocycles. The predicted octanol–water partition coefficient (Wildman–Crippen LogP) is 7.60. The summed E-state index contributed by atoms with van der Waals surface area (Å²) in [6.45, 7) is 4.21. The minimum atomic E-state index is 0.871. The van der Waals surface area contributed by atoms with E-state index in [0.717, 1.165) is 44.7 Å². The maximum absolute atomic E-state index is 5.52. The van der Waals surface area contributed by atoms with Crippen LogP contribution in [0.5, 0.6) is 5.75 Å². The lowest BCUT2D eigenvalue weighted by Crippen LogP contribution is -1.93. The van der Waals surface area contributed by atoms with Gasteiger partial charge in [-0.3, -0.25) is 0 Å². The van der Waals surface area contributed by atoms with E-state index < -0.39 is 0 Å². The van der Waals surface area contributed by atoms with E-state index in [4.69, 9.17) is 9.72 Å². The summed E-state index contributed by atoms with van der Waals surface area (Å²) in [5.41, 5.74) is 10.1. The lowest BCUT2D eigenvalue weighted by molar-refractivity contribution is 0.414. The van der Waals surface area contributed by atoms with Crippen LogP contribution in [0, 0.1) is 13.8 Å². The Labute approximate surface area is 192 Å². The minimum absolute atomic E-state index is 0.871. The molecule has 0 saturated heterocycles. The number of hydrogen-bond donors (Lipinski definition) is 0. The molecule has 0 saturated carbocycles. The Kier molecular flexibility index (Phi) is 4.44. The topological polar surface area (TPSA) is 26.5 Å². The molecule has 0 atom stereocenters. The number of rotatable bonds is 3. The van der Waals surface area contributed by atoms with E-state index in [1.165, 1.54) is 21.9 Å². The second-order valence-electron chi connectivity index (χ2n) is 8.70. The van der Waals surface area contributed by atoms with E-state index in [1.807, 2.05) is 0 Å². The monoisotopic (exact) mass is 428 g/mol. The lowest BCUT2D eigenvalue weighted by Gasteiger charge is -2.11. The first-order valence-corrected chi connectivity index (χ1v) is 11.2. The molecule has 0 aliphatic carbocycles. The lowest BCUT2D eigenvalue weighted by atomic mass is 10.0. The number of nitrogens with zero attached hydrogens (tertiary/aromatic N) is 2. The van der Waals surface area contributed by atoms with Crippen LogP contribution in [-0.2, 0) is 0 Å². The molecular weight excluding hydrogens is 404 g/mol. The van der Waals surface area contributed by atoms with Crippen LogP contribution in [-0.4, -0.2) is 16.5 Å². The van der Waals surface area contributed by atoms with Crippen molar-refractivity contribution >= 4 is 27.3 Å². The molecule has 0 N–H and O–H groups in total. The second kappa shape index (κ2) is 7.49. The fourth-order valence-corrected chi connectivity index (χ4v) is 4.70. The van der Waals surface area contributed by atoms with Crippen molar-refractivity contribution in [3.05, 3.63) is 102 Å². The molecule has 0 radical (unpaired) electrons. The van der Waals surface area contributed by atoms with Crippen molar-refractivity contribution in [2.75, 3.05) is 7.11 Å². The van der Waals surface area contributed by atoms with Crippen LogP contribution in [0.15, 0.2) is 91.1 Å². The molecule has 0 aliphatic rings. The van der Waals surface area contributed by atoms with Crippen LogP contribution in [0.25, 0.3) is 49.7 Å². The third kappa shape index (κ3) is 3.25. The first-order valence-electron chi connectivity index (χ1n) is 11.2. The van der Waals surface area contributed by atoms with E-state index in [9.17, 15) is 0 Å². The van der Waals surface area contributed by atoms with Gasteiger partial charge in [-0.1, -0.05) is 60.2 Å². The summed E-state index contributed by atoms with van der Waals surface area (Å²) in [6.07, 6.45) is 2.22. The predicted molar refractivity (Wildman–Crippen MR) is 137 cm³/mol. The molecule has 3 heterocycles. The van der Waals surface area contributed by atoms with Crippen LogP contribution in [0.4, 0.5) is 0 Å². The van der Waals surface area contributed by atoms with Crippen molar-refractivity contribution in [3.8, 4) is 28.1 Å². The summed E-state index contributed by atoms with van der Waals surface area (Å²) < 4.78 is 7.80. The molecule has 0 aliphatic heterocycles. The van der Waals surface area contributed by atoms with Crippen molar-refractivity contribution in [2.45, 2.75) is 13.8 Å². The summed E-state index contributed by atoms with van der Waals surface area (Å²) >= 11 is 0. The molecule has 0 fully saturated rings. The average molecular weight is 429 g/mol. The van der Waals surface area contributed by atoms with Gasteiger partial charge in [-0.2, -0.15) is 0 Å². The Bertz CT molecular complexity index is 1660. The minimum Gasteiger partial charge on any atom is -0.497 e. The number of fused-ring (bicyclic) bond motifs is 5. The van der Waals surface area contributed by atoms with Crippen LogP contribution >= 0.6 is 0 Å². The Morgan fingerprint density at radius 1 is 0.697 bits per heavy atom. The number of hydrogen-bond acceptors (Lipinski definition) is 2. The summed E-state index contributed by atoms with van der Waals surface area (Å²) in [5, 5.41) is 2.39. The van der Waals surface area contributed by atoms with Crippen LogP contribution in [0.3, 0.4) is 0 Å². The molecule has 0 spiro atoms. The fraction of sp³-hybridized carbons (Fsp3) is 0.100. The Balaban J connectivity index is 1.70. The number of ether oxygens (including phenoxy) is 1. The van der Waals surface area contributed by atoms with Crippen LogP contribution in [0.1, 0.15) is 11.1 Å². The van der Waals surface area contributed by atoms with E-state index in [1.54, 1.807) is 7.11 Å². The van der Waals surface area contributed by atoms with Gasteiger partial charge in [-0.15, -0.1) is 0 Å². The molecule has 0 unspecified atom stereocenters. The van der Waals surface area contributed by atoms with Gasteiger partial charge in [0.15, 0.2) is 0 Å². The van der Waals surface area contributed by atoms with E-state index in [0.29, 0.717) is 0 Å². The van der Waals surface area contributed by atoms with Gasteiger partial charge in [0.1, 0.15) is 5.75 Å². The SMILES string of the molecule is COc1cc(C)cc(-c2ccc3cc4c5ccccc5nc(-c5ccc(C)cc5)c4n3c2)c1. The van der Waals surface area contributed by atoms with Gasteiger partial charge in [0.25, 0.3) is 0 Å². The first-order chi connectivity index (χ1) is 16.1. The molecule has 0 amide bonds. The van der Waals surface area contributed by atoms with Gasteiger partial charge < -0.3 is 9.14 Å². The standard InChI is InChI=1S/C30H24N2O/c1-19-8-10-21(11-9-19)29-30-27(26-6-4-5-7-28(26)31-29)17-24-13-12-22(18-32(24)30)23-14-20(2)15-25(16-23)33-3/h4-18H,1-3H3. The third-order valence-electron chi connectivity index (χ3n) is 6.36. The zero-order valence-corrected chi connectivity index (χ0v) is 19.0. The molecule has 3 nitrogen and oxygen atoms in total.